The molecule has 0 aliphatic rings. The summed E-state index contributed by atoms with van der Waals surface area (Å²) in [7, 11) is 0. The highest BCUT2D eigenvalue weighted by molar-refractivity contribution is 9.09. The number of halogens is 1. The summed E-state index contributed by atoms with van der Waals surface area (Å²) in [6.45, 7) is 5.36. The van der Waals surface area contributed by atoms with Gasteiger partial charge in [0.05, 0.1) is 5.69 Å². The second-order valence-electron chi connectivity index (χ2n) is 4.36. The lowest BCUT2D eigenvalue weighted by atomic mass is 10.2. The van der Waals surface area contributed by atoms with Crippen LogP contribution in [0.1, 0.15) is 32.6 Å². The van der Waals surface area contributed by atoms with Crippen LogP contribution >= 0.6 is 15.9 Å². The minimum atomic E-state index is -0.719. The van der Waals surface area contributed by atoms with Crippen molar-refractivity contribution < 1.29 is 14.6 Å². The zero-order valence-electron chi connectivity index (χ0n) is 9.48. The molecule has 0 aliphatic carbocycles. The molecule has 1 aromatic heterocycles. The van der Waals surface area contributed by atoms with Crippen molar-refractivity contribution >= 4 is 22.0 Å². The Labute approximate surface area is 103 Å². The van der Waals surface area contributed by atoms with Crippen molar-refractivity contribution in [2.45, 2.75) is 32.5 Å². The van der Waals surface area contributed by atoms with Gasteiger partial charge in [-0.1, -0.05) is 15.9 Å². The molecule has 5 nitrogen and oxygen atoms in total. The van der Waals surface area contributed by atoms with E-state index >= 15 is 0 Å². The Morgan fingerprint density at radius 2 is 2.31 bits per heavy atom. The topological polar surface area (TPSA) is 64.4 Å². The number of rotatable bonds is 2. The molecule has 16 heavy (non-hydrogen) atoms. The molecule has 0 saturated heterocycles. The third kappa shape index (κ3) is 3.61. The highest BCUT2D eigenvalue weighted by Crippen LogP contribution is 2.14. The molecule has 1 rings (SSSR count). The van der Waals surface area contributed by atoms with E-state index in [9.17, 15) is 9.90 Å². The van der Waals surface area contributed by atoms with Crippen molar-refractivity contribution in [1.29, 1.82) is 0 Å². The molecule has 0 amide bonds. The average Bonchev–Trinajstić information content (AvgIpc) is 2.62. The first-order valence-electron chi connectivity index (χ1n) is 4.85. The van der Waals surface area contributed by atoms with E-state index < -0.39 is 17.8 Å². The Morgan fingerprint density at radius 1 is 1.69 bits per heavy atom. The Hall–Kier alpha value is -0.880. The van der Waals surface area contributed by atoms with Gasteiger partial charge in [-0.25, -0.2) is 14.3 Å². The van der Waals surface area contributed by atoms with E-state index in [1.807, 2.05) is 0 Å². The third-order valence-corrected chi connectivity index (χ3v) is 2.31. The van der Waals surface area contributed by atoms with Crippen molar-refractivity contribution in [3.05, 3.63) is 18.2 Å². The first-order chi connectivity index (χ1) is 7.33. The first kappa shape index (κ1) is 13.2. The monoisotopic (exact) mass is 290 g/mol. The molecule has 0 fully saturated rings. The van der Waals surface area contributed by atoms with E-state index in [4.69, 9.17) is 4.74 Å². The fraction of sp³-hybridized carbons (Fsp3) is 0.600. The molecule has 0 radical (unpaired) electrons. The van der Waals surface area contributed by atoms with Crippen LogP contribution in [0.4, 0.5) is 4.79 Å². The zero-order valence-corrected chi connectivity index (χ0v) is 11.1. The summed E-state index contributed by atoms with van der Waals surface area (Å²) in [5, 5.41) is 9.86. The summed E-state index contributed by atoms with van der Waals surface area (Å²) in [6, 6.07) is 0. The molecule has 1 N–H and O–H groups in total. The minimum absolute atomic E-state index is 0.373. The van der Waals surface area contributed by atoms with Crippen LogP contribution in [0.5, 0.6) is 0 Å². The van der Waals surface area contributed by atoms with Gasteiger partial charge in [-0.15, -0.1) is 0 Å². The number of carbonyl (C=O) groups is 1. The van der Waals surface area contributed by atoms with Gasteiger partial charge < -0.3 is 9.84 Å². The Balaban J connectivity index is 2.75. The molecular weight excluding hydrogens is 276 g/mol. The largest absolute Gasteiger partial charge is 0.443 e. The van der Waals surface area contributed by atoms with Gasteiger partial charge in [0.15, 0.2) is 0 Å². The summed E-state index contributed by atoms with van der Waals surface area (Å²) in [5.74, 6) is 0. The molecule has 6 heteroatoms. The van der Waals surface area contributed by atoms with Gasteiger partial charge >= 0.3 is 6.09 Å². The van der Waals surface area contributed by atoms with E-state index in [1.165, 1.54) is 17.1 Å². The van der Waals surface area contributed by atoms with Crippen molar-refractivity contribution in [2.24, 2.45) is 0 Å². The van der Waals surface area contributed by atoms with Gasteiger partial charge in [-0.3, -0.25) is 0 Å². The predicted molar refractivity (Wildman–Crippen MR) is 62.6 cm³/mol. The number of nitrogens with zero attached hydrogens (tertiary/aromatic N) is 2. The Kier molecular flexibility index (Phi) is 4.09. The van der Waals surface area contributed by atoms with E-state index in [1.54, 1.807) is 20.8 Å². The number of carbonyl (C=O) groups excluding carboxylic acids is 1. The van der Waals surface area contributed by atoms with Gasteiger partial charge in [-0.05, 0) is 20.8 Å². The molecule has 0 saturated carbocycles. The van der Waals surface area contributed by atoms with Crippen molar-refractivity contribution in [2.75, 3.05) is 5.33 Å². The second-order valence-corrected chi connectivity index (χ2v) is 5.00. The standard InChI is InChI=1S/C10H15BrN2O3/c1-10(2,3)16-9(15)13-5-7(12-6-13)8(14)4-11/h5-6,8,14H,4H2,1-3H3. The molecule has 1 atom stereocenters. The van der Waals surface area contributed by atoms with Gasteiger partial charge in [0.1, 0.15) is 18.0 Å². The summed E-state index contributed by atoms with van der Waals surface area (Å²) in [4.78, 5) is 15.5. The summed E-state index contributed by atoms with van der Waals surface area (Å²) < 4.78 is 6.36. The number of aliphatic hydroxyl groups excluding tert-OH is 1. The molecule has 1 heterocycles. The van der Waals surface area contributed by atoms with Crippen molar-refractivity contribution in [3.8, 4) is 0 Å². The number of aromatic nitrogens is 2. The quantitative estimate of drug-likeness (QED) is 0.847. The lowest BCUT2D eigenvalue weighted by Crippen LogP contribution is -2.26. The number of aliphatic hydroxyl groups is 1. The smallest absolute Gasteiger partial charge is 0.419 e. The SMILES string of the molecule is CC(C)(C)OC(=O)n1cnc(C(O)CBr)c1. The first-order valence-corrected chi connectivity index (χ1v) is 5.97. The van der Waals surface area contributed by atoms with Crippen LogP contribution in [-0.4, -0.2) is 31.7 Å². The number of ether oxygens (including phenoxy) is 1. The van der Waals surface area contributed by atoms with Crippen LogP contribution in [0, 0.1) is 0 Å². The van der Waals surface area contributed by atoms with E-state index in [0.717, 1.165) is 0 Å². The average molecular weight is 291 g/mol. The zero-order chi connectivity index (χ0) is 12.3. The molecule has 0 aliphatic heterocycles. The van der Waals surface area contributed by atoms with Crippen LogP contribution in [0.3, 0.4) is 0 Å². The highest BCUT2D eigenvalue weighted by Gasteiger charge is 2.19. The van der Waals surface area contributed by atoms with E-state index in [0.29, 0.717) is 11.0 Å². The molecule has 1 aromatic rings. The van der Waals surface area contributed by atoms with E-state index in [2.05, 4.69) is 20.9 Å². The van der Waals surface area contributed by atoms with Crippen LogP contribution in [0.15, 0.2) is 12.5 Å². The summed E-state index contributed by atoms with van der Waals surface area (Å²) >= 11 is 3.13. The maximum absolute atomic E-state index is 11.6. The predicted octanol–water partition coefficient (Wildman–Crippen LogP) is 2.09. The van der Waals surface area contributed by atoms with Crippen LogP contribution in [-0.2, 0) is 4.74 Å². The second kappa shape index (κ2) is 4.97. The number of imidazole rings is 1. The summed E-state index contributed by atoms with van der Waals surface area (Å²) in [5.41, 5.74) is -0.113. The van der Waals surface area contributed by atoms with Crippen LogP contribution < -0.4 is 0 Å². The maximum Gasteiger partial charge on any atom is 0.419 e. The molecule has 1 unspecified atom stereocenters. The number of alkyl halides is 1. The van der Waals surface area contributed by atoms with Gasteiger partial charge in [0.2, 0.25) is 0 Å². The van der Waals surface area contributed by atoms with Gasteiger partial charge in [0.25, 0.3) is 0 Å². The number of hydrogen-bond donors (Lipinski definition) is 1. The molecule has 0 bridgehead atoms. The molecular formula is C10H15BrN2O3. The lowest BCUT2D eigenvalue weighted by Gasteiger charge is -2.19. The van der Waals surface area contributed by atoms with E-state index in [-0.39, 0.29) is 0 Å². The fourth-order valence-electron chi connectivity index (χ4n) is 1.00. The van der Waals surface area contributed by atoms with Gasteiger partial charge in [0, 0.05) is 11.5 Å². The fourth-order valence-corrected chi connectivity index (χ4v) is 1.34. The Bertz CT molecular complexity index is 370. The van der Waals surface area contributed by atoms with Crippen LogP contribution in [0.2, 0.25) is 0 Å². The molecule has 0 spiro atoms. The number of hydrogen-bond acceptors (Lipinski definition) is 4. The maximum atomic E-state index is 11.6. The van der Waals surface area contributed by atoms with Crippen molar-refractivity contribution in [3.63, 3.8) is 0 Å². The minimum Gasteiger partial charge on any atom is -0.443 e. The van der Waals surface area contributed by atoms with Gasteiger partial charge in [-0.2, -0.15) is 0 Å². The van der Waals surface area contributed by atoms with Crippen molar-refractivity contribution in [1.82, 2.24) is 9.55 Å². The third-order valence-electron chi connectivity index (χ3n) is 1.69. The van der Waals surface area contributed by atoms with Crippen LogP contribution in [0.25, 0.3) is 0 Å². The lowest BCUT2D eigenvalue weighted by molar-refractivity contribution is 0.0536. The molecule has 90 valence electrons. The Morgan fingerprint density at radius 3 is 2.81 bits per heavy atom. The highest BCUT2D eigenvalue weighted by atomic mass is 79.9. The summed E-state index contributed by atoms with van der Waals surface area (Å²) in [6.07, 6.45) is 1.56. The normalized spacial score (nSPS) is 13.6. The molecule has 0 aromatic carbocycles.